The lowest BCUT2D eigenvalue weighted by Gasteiger charge is -2.19. The lowest BCUT2D eigenvalue weighted by Crippen LogP contribution is -2.30. The van der Waals surface area contributed by atoms with E-state index in [1.165, 1.54) is 33.8 Å². The van der Waals surface area contributed by atoms with E-state index in [2.05, 4.69) is 10.3 Å². The van der Waals surface area contributed by atoms with Crippen LogP contribution in [0.2, 0.25) is 5.02 Å². The Bertz CT molecular complexity index is 1130. The largest absolute Gasteiger partial charge is 0.319 e. The van der Waals surface area contributed by atoms with Gasteiger partial charge in [0.1, 0.15) is 5.69 Å². The van der Waals surface area contributed by atoms with Gasteiger partial charge in [-0.1, -0.05) is 55.8 Å². The molecule has 0 atom stereocenters. The van der Waals surface area contributed by atoms with Crippen molar-refractivity contribution in [1.82, 2.24) is 9.29 Å². The lowest BCUT2D eigenvalue weighted by atomic mass is 10.2. The van der Waals surface area contributed by atoms with E-state index in [9.17, 15) is 13.2 Å². The van der Waals surface area contributed by atoms with Crippen molar-refractivity contribution in [3.8, 4) is 0 Å². The minimum Gasteiger partial charge on any atom is -0.319 e. The van der Waals surface area contributed by atoms with E-state index in [0.717, 1.165) is 10.6 Å². The van der Waals surface area contributed by atoms with E-state index < -0.39 is 15.9 Å². The van der Waals surface area contributed by atoms with Gasteiger partial charge in [0, 0.05) is 24.9 Å². The molecule has 0 unspecified atom stereocenters. The first-order valence-corrected chi connectivity index (χ1v) is 12.1. The molecule has 2 aromatic carbocycles. The molecular formula is C21H22ClN3O3S2. The van der Waals surface area contributed by atoms with Crippen LogP contribution >= 0.6 is 22.9 Å². The van der Waals surface area contributed by atoms with Crippen molar-refractivity contribution >= 4 is 44.6 Å². The fraction of sp³-hybridized carbons (Fsp3) is 0.238. The molecule has 0 aliphatic rings. The summed E-state index contributed by atoms with van der Waals surface area (Å²) in [5, 5.41) is 5.43. The maximum absolute atomic E-state index is 12.8. The molecule has 1 amide bonds. The Kier molecular flexibility index (Phi) is 7.25. The molecule has 30 heavy (non-hydrogen) atoms. The molecule has 0 fully saturated rings. The summed E-state index contributed by atoms with van der Waals surface area (Å²) in [5.74, 6) is -0.440. The summed E-state index contributed by atoms with van der Waals surface area (Å²) in [5.41, 5.74) is 1.60. The van der Waals surface area contributed by atoms with Gasteiger partial charge in [-0.05, 0) is 23.8 Å². The molecule has 1 aromatic heterocycles. The number of thiazole rings is 1. The van der Waals surface area contributed by atoms with E-state index >= 15 is 0 Å². The fourth-order valence-corrected chi connectivity index (χ4v) is 5.38. The first-order valence-electron chi connectivity index (χ1n) is 9.44. The summed E-state index contributed by atoms with van der Waals surface area (Å²) in [6.45, 7) is 4.25. The van der Waals surface area contributed by atoms with Gasteiger partial charge in [-0.3, -0.25) is 4.79 Å². The number of hydrogen-bond donors (Lipinski definition) is 1. The predicted molar refractivity (Wildman–Crippen MR) is 121 cm³/mol. The first kappa shape index (κ1) is 22.4. The van der Waals surface area contributed by atoms with Crippen LogP contribution in [0.15, 0.2) is 58.8 Å². The molecule has 1 heterocycles. The third-order valence-corrected chi connectivity index (χ3v) is 7.74. The third kappa shape index (κ3) is 5.07. The number of anilines is 1. The summed E-state index contributed by atoms with van der Waals surface area (Å²) in [7, 11) is -3.66. The Hall–Kier alpha value is -2.26. The molecule has 1 N–H and O–H groups in total. The van der Waals surface area contributed by atoms with Crippen LogP contribution in [0.3, 0.4) is 0 Å². The van der Waals surface area contributed by atoms with Gasteiger partial charge in [-0.15, -0.1) is 11.3 Å². The van der Waals surface area contributed by atoms with Crippen LogP contribution in [-0.2, 0) is 16.4 Å². The number of nitrogens with zero attached hydrogens (tertiary/aromatic N) is 2. The molecule has 0 saturated heterocycles. The molecular weight excluding hydrogens is 442 g/mol. The minimum absolute atomic E-state index is 0.0777. The second-order valence-corrected chi connectivity index (χ2v) is 9.76. The Labute approximate surface area is 185 Å². The van der Waals surface area contributed by atoms with Gasteiger partial charge < -0.3 is 5.32 Å². The third-order valence-electron chi connectivity index (χ3n) is 4.51. The quantitative estimate of drug-likeness (QED) is 0.526. The molecule has 0 spiro atoms. The average Bonchev–Trinajstić information content (AvgIpc) is 3.19. The fourth-order valence-electron chi connectivity index (χ4n) is 2.93. The highest BCUT2D eigenvalue weighted by Gasteiger charge is 2.23. The topological polar surface area (TPSA) is 79.4 Å². The molecule has 3 rings (SSSR count). The summed E-state index contributed by atoms with van der Waals surface area (Å²) in [6, 6.07) is 14.1. The molecule has 0 aliphatic heterocycles. The maximum Gasteiger partial charge on any atom is 0.275 e. The van der Waals surface area contributed by atoms with Crippen LogP contribution in [0.5, 0.6) is 0 Å². The number of halogens is 1. The first-order chi connectivity index (χ1) is 14.3. The molecule has 6 nitrogen and oxygen atoms in total. The molecule has 158 valence electrons. The highest BCUT2D eigenvalue weighted by Crippen LogP contribution is 2.27. The van der Waals surface area contributed by atoms with Crippen LogP contribution in [0, 0.1) is 0 Å². The molecule has 0 bridgehead atoms. The van der Waals surface area contributed by atoms with Crippen molar-refractivity contribution in [3.05, 3.63) is 75.2 Å². The zero-order valence-electron chi connectivity index (χ0n) is 16.6. The lowest BCUT2D eigenvalue weighted by molar-refractivity contribution is 0.102. The van der Waals surface area contributed by atoms with Gasteiger partial charge in [-0.2, -0.15) is 4.31 Å². The van der Waals surface area contributed by atoms with Gasteiger partial charge in [0.15, 0.2) is 0 Å². The van der Waals surface area contributed by atoms with Crippen LogP contribution in [0.25, 0.3) is 0 Å². The summed E-state index contributed by atoms with van der Waals surface area (Å²) in [6.07, 6.45) is 0.636. The number of sulfonamides is 1. The van der Waals surface area contributed by atoms with Crippen LogP contribution in [-0.4, -0.2) is 36.7 Å². The van der Waals surface area contributed by atoms with Gasteiger partial charge in [0.25, 0.3) is 5.91 Å². The van der Waals surface area contributed by atoms with Crippen molar-refractivity contribution in [2.24, 2.45) is 0 Å². The second-order valence-electron chi connectivity index (χ2n) is 6.47. The number of carbonyl (C=O) groups excluding carboxylic acids is 1. The van der Waals surface area contributed by atoms with E-state index in [4.69, 9.17) is 11.6 Å². The van der Waals surface area contributed by atoms with Gasteiger partial charge in [0.2, 0.25) is 10.0 Å². The van der Waals surface area contributed by atoms with Crippen molar-refractivity contribution in [2.75, 3.05) is 18.4 Å². The molecule has 9 heteroatoms. The number of nitrogens with one attached hydrogen (secondary N) is 1. The molecule has 0 saturated carbocycles. The van der Waals surface area contributed by atoms with Crippen molar-refractivity contribution in [2.45, 2.75) is 25.2 Å². The number of aromatic nitrogens is 1. The summed E-state index contributed by atoms with van der Waals surface area (Å²) < 4.78 is 26.8. The normalized spacial score (nSPS) is 11.6. The number of benzene rings is 2. The van der Waals surface area contributed by atoms with Crippen molar-refractivity contribution in [3.63, 3.8) is 0 Å². The van der Waals surface area contributed by atoms with E-state index in [1.54, 1.807) is 19.2 Å². The second kappa shape index (κ2) is 9.70. The molecule has 3 aromatic rings. The number of hydrogen-bond acceptors (Lipinski definition) is 5. The molecule has 0 aliphatic carbocycles. The number of rotatable bonds is 8. The van der Waals surface area contributed by atoms with Gasteiger partial charge >= 0.3 is 0 Å². The Morgan fingerprint density at radius 2 is 1.83 bits per heavy atom. The Morgan fingerprint density at radius 1 is 1.13 bits per heavy atom. The van der Waals surface area contributed by atoms with Crippen LogP contribution in [0.1, 0.15) is 34.9 Å². The van der Waals surface area contributed by atoms with Crippen molar-refractivity contribution in [1.29, 1.82) is 0 Å². The van der Waals surface area contributed by atoms with Gasteiger partial charge in [-0.25, -0.2) is 13.4 Å². The van der Waals surface area contributed by atoms with Gasteiger partial charge in [0.05, 0.1) is 20.6 Å². The predicted octanol–water partition coefficient (Wildman–Crippen LogP) is 4.67. The summed E-state index contributed by atoms with van der Waals surface area (Å²) >= 11 is 7.59. The maximum atomic E-state index is 12.8. The van der Waals surface area contributed by atoms with E-state index in [0.29, 0.717) is 19.5 Å². The standard InChI is InChI=1S/C21H22ClN3O3S2/c1-3-25(4-2)30(27,28)16-10-11-17(22)18(13-16)24-21(26)19-14-29-20(23-19)12-15-8-6-5-7-9-15/h5-11,13-14H,3-4,12H2,1-2H3,(H,24,26). The molecule has 0 radical (unpaired) electrons. The SMILES string of the molecule is CCN(CC)S(=O)(=O)c1ccc(Cl)c(NC(=O)c2csc(Cc3ccccc3)n2)c1. The number of carbonyl (C=O) groups is 1. The van der Waals surface area contributed by atoms with Crippen LogP contribution < -0.4 is 5.32 Å². The highest BCUT2D eigenvalue weighted by molar-refractivity contribution is 7.89. The smallest absolute Gasteiger partial charge is 0.275 e. The van der Waals surface area contributed by atoms with Crippen molar-refractivity contribution < 1.29 is 13.2 Å². The zero-order valence-corrected chi connectivity index (χ0v) is 19.0. The average molecular weight is 464 g/mol. The van der Waals surface area contributed by atoms with E-state index in [1.807, 2.05) is 30.3 Å². The monoisotopic (exact) mass is 463 g/mol. The zero-order chi connectivity index (χ0) is 21.7. The highest BCUT2D eigenvalue weighted by atomic mass is 35.5. The number of amides is 1. The Balaban J connectivity index is 1.79. The van der Waals surface area contributed by atoms with Crippen LogP contribution in [0.4, 0.5) is 5.69 Å². The van der Waals surface area contributed by atoms with E-state index in [-0.39, 0.29) is 21.3 Å². The summed E-state index contributed by atoms with van der Waals surface area (Å²) in [4.78, 5) is 17.1. The minimum atomic E-state index is -3.66. The Morgan fingerprint density at radius 3 is 2.50 bits per heavy atom.